The average molecular weight is 261 g/mol. The molecule has 0 fully saturated rings. The monoisotopic (exact) mass is 260 g/mol. The van der Waals surface area contributed by atoms with Gasteiger partial charge in [0, 0.05) is 13.1 Å². The van der Waals surface area contributed by atoms with E-state index in [1.165, 1.54) is 12.8 Å². The van der Waals surface area contributed by atoms with E-state index in [9.17, 15) is 0 Å². The first-order chi connectivity index (χ1) is 6.66. The van der Waals surface area contributed by atoms with E-state index in [-0.39, 0.29) is 6.04 Å². The summed E-state index contributed by atoms with van der Waals surface area (Å²) in [6, 6.07) is 0.0379. The minimum absolute atomic E-state index is 0.0379. The molecule has 14 heavy (non-hydrogen) atoms. The fourth-order valence-corrected chi connectivity index (χ4v) is 2.10. The van der Waals surface area contributed by atoms with E-state index in [0.29, 0.717) is 0 Å². The summed E-state index contributed by atoms with van der Waals surface area (Å²) in [6.45, 7) is 2.19. The lowest BCUT2D eigenvalue weighted by Crippen LogP contribution is -2.15. The largest absolute Gasteiger partial charge is 0.323 e. The van der Waals surface area contributed by atoms with E-state index in [0.717, 1.165) is 23.1 Å². The quantitative estimate of drug-likeness (QED) is 0.826. The number of nitrogens with zero attached hydrogens (tertiary/aromatic N) is 3. The van der Waals surface area contributed by atoms with Crippen LogP contribution in [0.3, 0.4) is 0 Å². The summed E-state index contributed by atoms with van der Waals surface area (Å²) in [4.78, 5) is 0. The highest BCUT2D eigenvalue weighted by Crippen LogP contribution is 2.22. The highest BCUT2D eigenvalue weighted by atomic mass is 79.9. The Bertz CT molecular complexity index is 265. The Kier molecular flexibility index (Phi) is 4.54. The van der Waals surface area contributed by atoms with Gasteiger partial charge in [-0.25, -0.2) is 4.68 Å². The summed E-state index contributed by atoms with van der Waals surface area (Å²) in [5.41, 5.74) is 7.04. The van der Waals surface area contributed by atoms with Gasteiger partial charge in [0.1, 0.15) is 0 Å². The zero-order valence-corrected chi connectivity index (χ0v) is 10.3. The van der Waals surface area contributed by atoms with Gasteiger partial charge in [-0.15, -0.1) is 5.10 Å². The van der Waals surface area contributed by atoms with Gasteiger partial charge in [0.25, 0.3) is 0 Å². The van der Waals surface area contributed by atoms with E-state index in [1.807, 2.05) is 7.05 Å². The first-order valence-electron chi connectivity index (χ1n) is 4.97. The molecule has 0 spiro atoms. The number of hydrogen-bond donors (Lipinski definition) is 1. The summed E-state index contributed by atoms with van der Waals surface area (Å²) in [6.07, 6.45) is 4.61. The van der Waals surface area contributed by atoms with E-state index in [4.69, 9.17) is 5.73 Å². The highest BCUT2D eigenvalue weighted by molar-refractivity contribution is 9.10. The molecule has 4 nitrogen and oxygen atoms in total. The van der Waals surface area contributed by atoms with Crippen LogP contribution >= 0.6 is 15.9 Å². The van der Waals surface area contributed by atoms with Crippen molar-refractivity contribution in [1.29, 1.82) is 0 Å². The molecule has 1 rings (SSSR count). The standard InChI is InChI=1S/C9H17BrN4/c1-3-4-5-6-7(11)8-9(10)12-13-14(8)2/h7H,3-6,11H2,1-2H3. The van der Waals surface area contributed by atoms with Gasteiger partial charge >= 0.3 is 0 Å². The Labute approximate surface area is 93.0 Å². The van der Waals surface area contributed by atoms with Crippen LogP contribution in [0.15, 0.2) is 4.60 Å². The fourth-order valence-electron chi connectivity index (χ4n) is 1.48. The molecule has 5 heteroatoms. The van der Waals surface area contributed by atoms with E-state index in [1.54, 1.807) is 4.68 Å². The van der Waals surface area contributed by atoms with Gasteiger partial charge in [-0.3, -0.25) is 0 Å². The number of nitrogens with two attached hydrogens (primary N) is 1. The molecule has 0 bridgehead atoms. The summed E-state index contributed by atoms with van der Waals surface area (Å²) < 4.78 is 2.50. The third-order valence-corrected chi connectivity index (χ3v) is 2.86. The molecule has 80 valence electrons. The zero-order chi connectivity index (χ0) is 10.6. The summed E-state index contributed by atoms with van der Waals surface area (Å²) in [5, 5.41) is 7.82. The minimum atomic E-state index is 0.0379. The smallest absolute Gasteiger partial charge is 0.153 e. The molecule has 1 heterocycles. The van der Waals surface area contributed by atoms with Crippen molar-refractivity contribution in [3.63, 3.8) is 0 Å². The molecule has 0 aliphatic rings. The number of rotatable bonds is 5. The third kappa shape index (κ3) is 2.78. The first-order valence-corrected chi connectivity index (χ1v) is 5.76. The normalized spacial score (nSPS) is 13.1. The van der Waals surface area contributed by atoms with Gasteiger partial charge in [0.2, 0.25) is 0 Å². The second-order valence-corrected chi connectivity index (χ2v) is 4.24. The maximum absolute atomic E-state index is 6.05. The Balaban J connectivity index is 2.55. The molecule has 1 aromatic heterocycles. The number of aromatic nitrogens is 3. The second-order valence-electron chi connectivity index (χ2n) is 3.49. The molecule has 1 unspecified atom stereocenters. The van der Waals surface area contributed by atoms with E-state index >= 15 is 0 Å². The molecule has 0 aliphatic heterocycles. The molecule has 0 saturated carbocycles. The molecule has 0 aromatic carbocycles. The number of unbranched alkanes of at least 4 members (excludes halogenated alkanes) is 2. The number of hydrogen-bond acceptors (Lipinski definition) is 3. The second kappa shape index (κ2) is 5.46. The predicted octanol–water partition coefficient (Wildman–Crippen LogP) is 2.16. The topological polar surface area (TPSA) is 56.7 Å². The van der Waals surface area contributed by atoms with Gasteiger partial charge in [0.05, 0.1) is 5.69 Å². The molecule has 2 N–H and O–H groups in total. The summed E-state index contributed by atoms with van der Waals surface area (Å²) in [5.74, 6) is 0. The molecule has 0 aliphatic carbocycles. The van der Waals surface area contributed by atoms with Crippen LogP contribution in [0.1, 0.15) is 44.3 Å². The van der Waals surface area contributed by atoms with Crippen LogP contribution in [-0.2, 0) is 7.05 Å². The third-order valence-electron chi connectivity index (χ3n) is 2.30. The van der Waals surface area contributed by atoms with Crippen molar-refractivity contribution in [3.8, 4) is 0 Å². The molecule has 1 atom stereocenters. The maximum Gasteiger partial charge on any atom is 0.153 e. The van der Waals surface area contributed by atoms with Crippen molar-refractivity contribution >= 4 is 15.9 Å². The first kappa shape index (κ1) is 11.7. The maximum atomic E-state index is 6.05. The Hall–Kier alpha value is -0.420. The Morgan fingerprint density at radius 3 is 2.71 bits per heavy atom. The van der Waals surface area contributed by atoms with Gasteiger partial charge in [-0.1, -0.05) is 31.4 Å². The highest BCUT2D eigenvalue weighted by Gasteiger charge is 2.15. The predicted molar refractivity (Wildman–Crippen MR) is 59.8 cm³/mol. The van der Waals surface area contributed by atoms with E-state index in [2.05, 4.69) is 33.2 Å². The zero-order valence-electron chi connectivity index (χ0n) is 8.70. The Morgan fingerprint density at radius 2 is 2.21 bits per heavy atom. The molecule has 0 radical (unpaired) electrons. The Morgan fingerprint density at radius 1 is 1.50 bits per heavy atom. The van der Waals surface area contributed by atoms with Crippen molar-refractivity contribution < 1.29 is 0 Å². The van der Waals surface area contributed by atoms with Gasteiger partial charge < -0.3 is 5.73 Å². The lowest BCUT2D eigenvalue weighted by Gasteiger charge is -2.11. The van der Waals surface area contributed by atoms with Gasteiger partial charge in [0.15, 0.2) is 4.60 Å². The van der Waals surface area contributed by atoms with Crippen LogP contribution in [-0.4, -0.2) is 15.0 Å². The van der Waals surface area contributed by atoms with Crippen molar-refractivity contribution in [2.75, 3.05) is 0 Å². The SMILES string of the molecule is CCCCCC(N)c1c(Br)nnn1C. The molecule has 0 saturated heterocycles. The van der Waals surface area contributed by atoms with Crippen LogP contribution in [0.5, 0.6) is 0 Å². The van der Waals surface area contributed by atoms with Crippen LogP contribution in [0.2, 0.25) is 0 Å². The molecule has 0 amide bonds. The number of halogens is 1. The molecular weight excluding hydrogens is 244 g/mol. The van der Waals surface area contributed by atoms with E-state index < -0.39 is 0 Å². The van der Waals surface area contributed by atoms with Crippen LogP contribution in [0.4, 0.5) is 0 Å². The lowest BCUT2D eigenvalue weighted by atomic mass is 10.1. The average Bonchev–Trinajstić information content (AvgIpc) is 2.46. The van der Waals surface area contributed by atoms with Crippen LogP contribution in [0.25, 0.3) is 0 Å². The fraction of sp³-hybridized carbons (Fsp3) is 0.778. The van der Waals surface area contributed by atoms with Crippen molar-refractivity contribution in [2.24, 2.45) is 12.8 Å². The summed E-state index contributed by atoms with van der Waals surface area (Å²) >= 11 is 3.35. The van der Waals surface area contributed by atoms with Crippen molar-refractivity contribution in [1.82, 2.24) is 15.0 Å². The summed E-state index contributed by atoms with van der Waals surface area (Å²) in [7, 11) is 1.87. The van der Waals surface area contributed by atoms with Crippen molar-refractivity contribution in [2.45, 2.75) is 38.6 Å². The molecular formula is C9H17BrN4. The minimum Gasteiger partial charge on any atom is -0.323 e. The van der Waals surface area contributed by atoms with Gasteiger partial charge in [-0.05, 0) is 22.4 Å². The molecule has 1 aromatic rings. The van der Waals surface area contributed by atoms with Crippen LogP contribution < -0.4 is 5.73 Å². The number of aryl methyl sites for hydroxylation is 1. The van der Waals surface area contributed by atoms with Crippen LogP contribution in [0, 0.1) is 0 Å². The van der Waals surface area contributed by atoms with Gasteiger partial charge in [-0.2, -0.15) is 0 Å². The van der Waals surface area contributed by atoms with Crippen molar-refractivity contribution in [3.05, 3.63) is 10.3 Å². The lowest BCUT2D eigenvalue weighted by molar-refractivity contribution is 0.539.